The molecule has 0 heterocycles. The lowest BCUT2D eigenvalue weighted by atomic mass is 9.89. The molecule has 0 aliphatic heterocycles. The Hall–Kier alpha value is -2.40. The molecule has 2 aromatic carbocycles. The minimum Gasteiger partial charge on any atom is -0.341 e. The number of hydrogen-bond donors (Lipinski definition) is 2. The van der Waals surface area contributed by atoms with Crippen molar-refractivity contribution >= 4 is 29.1 Å². The van der Waals surface area contributed by atoms with Crippen LogP contribution in [0.3, 0.4) is 0 Å². The topological polar surface area (TPSA) is 58.2 Å². The van der Waals surface area contributed by atoms with E-state index in [9.17, 15) is 14.0 Å². The number of rotatable bonds is 3. The van der Waals surface area contributed by atoms with Gasteiger partial charge in [-0.15, -0.1) is 0 Å². The molecule has 1 atom stereocenters. The summed E-state index contributed by atoms with van der Waals surface area (Å²) in [6.07, 6.45) is 4.54. The van der Waals surface area contributed by atoms with Gasteiger partial charge in [-0.2, -0.15) is 0 Å². The van der Waals surface area contributed by atoms with Crippen LogP contribution < -0.4 is 10.6 Å². The fourth-order valence-corrected chi connectivity index (χ4v) is 3.31. The zero-order valence-electron chi connectivity index (χ0n) is 14.4. The van der Waals surface area contributed by atoms with Gasteiger partial charge in [0.15, 0.2) is 0 Å². The van der Waals surface area contributed by atoms with Gasteiger partial charge in [0.25, 0.3) is 0 Å². The van der Waals surface area contributed by atoms with Gasteiger partial charge in [0, 0.05) is 5.69 Å². The van der Waals surface area contributed by atoms with Crippen LogP contribution in [0.15, 0.2) is 36.4 Å². The average molecular weight is 375 g/mol. The highest BCUT2D eigenvalue weighted by Gasteiger charge is 2.19. The third-order valence-electron chi connectivity index (χ3n) is 4.60. The Balaban J connectivity index is 1.63. The van der Waals surface area contributed by atoms with Gasteiger partial charge in [-0.1, -0.05) is 29.8 Å². The lowest BCUT2D eigenvalue weighted by Crippen LogP contribution is -2.37. The molecule has 26 heavy (non-hydrogen) atoms. The Kier molecular flexibility index (Phi) is 5.57. The van der Waals surface area contributed by atoms with E-state index < -0.39 is 17.6 Å². The quantitative estimate of drug-likeness (QED) is 0.792. The van der Waals surface area contributed by atoms with Gasteiger partial charge in [-0.25, -0.2) is 4.39 Å². The summed E-state index contributed by atoms with van der Waals surface area (Å²) in [5.41, 5.74) is 3.92. The Morgan fingerprint density at radius 2 is 1.77 bits per heavy atom. The van der Waals surface area contributed by atoms with Crippen LogP contribution >= 0.6 is 11.6 Å². The SMILES string of the molecule is CC(NC(=O)C(=O)Nc1ccc(F)c(Cl)c1)c1ccc2c(c1)CCCC2. The Morgan fingerprint density at radius 1 is 1.04 bits per heavy atom. The van der Waals surface area contributed by atoms with E-state index in [4.69, 9.17) is 11.6 Å². The molecule has 0 aromatic heterocycles. The fourth-order valence-electron chi connectivity index (χ4n) is 3.13. The number of halogens is 2. The number of anilines is 1. The molecule has 6 heteroatoms. The molecule has 1 aliphatic rings. The van der Waals surface area contributed by atoms with Crippen LogP contribution in [0, 0.1) is 5.82 Å². The molecule has 0 spiro atoms. The highest BCUT2D eigenvalue weighted by Crippen LogP contribution is 2.25. The first-order chi connectivity index (χ1) is 12.4. The number of fused-ring (bicyclic) bond motifs is 1. The maximum atomic E-state index is 13.2. The molecular weight excluding hydrogens is 355 g/mol. The van der Waals surface area contributed by atoms with Crippen LogP contribution in [0.25, 0.3) is 0 Å². The van der Waals surface area contributed by atoms with Gasteiger partial charge in [-0.05, 0) is 67.5 Å². The lowest BCUT2D eigenvalue weighted by Gasteiger charge is -2.20. The van der Waals surface area contributed by atoms with Crippen LogP contribution in [0.2, 0.25) is 5.02 Å². The summed E-state index contributed by atoms with van der Waals surface area (Å²) in [6.45, 7) is 1.84. The summed E-state index contributed by atoms with van der Waals surface area (Å²) in [5, 5.41) is 4.99. The second-order valence-corrected chi connectivity index (χ2v) is 6.92. The molecule has 0 saturated carbocycles. The molecule has 0 fully saturated rings. The van der Waals surface area contributed by atoms with Gasteiger partial charge in [0.05, 0.1) is 11.1 Å². The molecular formula is C20H20ClFN2O2. The van der Waals surface area contributed by atoms with E-state index in [-0.39, 0.29) is 16.8 Å². The summed E-state index contributed by atoms with van der Waals surface area (Å²) >= 11 is 5.67. The monoisotopic (exact) mass is 374 g/mol. The van der Waals surface area contributed by atoms with Gasteiger partial charge in [-0.3, -0.25) is 9.59 Å². The van der Waals surface area contributed by atoms with E-state index in [1.165, 1.54) is 36.1 Å². The molecule has 4 nitrogen and oxygen atoms in total. The third-order valence-corrected chi connectivity index (χ3v) is 4.89. The molecule has 2 N–H and O–H groups in total. The largest absolute Gasteiger partial charge is 0.341 e. The number of aryl methyl sites for hydroxylation is 2. The van der Waals surface area contributed by atoms with Gasteiger partial charge in [0.2, 0.25) is 0 Å². The molecule has 3 rings (SSSR count). The van der Waals surface area contributed by atoms with Crippen molar-refractivity contribution in [3.63, 3.8) is 0 Å². The third kappa shape index (κ3) is 4.22. The number of benzene rings is 2. The van der Waals surface area contributed by atoms with Crippen molar-refractivity contribution in [3.8, 4) is 0 Å². The number of carbonyl (C=O) groups excluding carboxylic acids is 2. The maximum Gasteiger partial charge on any atom is 0.313 e. The second-order valence-electron chi connectivity index (χ2n) is 6.51. The summed E-state index contributed by atoms with van der Waals surface area (Å²) < 4.78 is 13.2. The summed E-state index contributed by atoms with van der Waals surface area (Å²) in [5.74, 6) is -2.16. The first-order valence-corrected chi connectivity index (χ1v) is 9.00. The van der Waals surface area contributed by atoms with Gasteiger partial charge >= 0.3 is 11.8 Å². The summed E-state index contributed by atoms with van der Waals surface area (Å²) in [4.78, 5) is 24.2. The highest BCUT2D eigenvalue weighted by molar-refractivity contribution is 6.40. The van der Waals surface area contributed by atoms with Crippen LogP contribution in [-0.2, 0) is 22.4 Å². The smallest absolute Gasteiger partial charge is 0.313 e. The van der Waals surface area contributed by atoms with Crippen LogP contribution in [0.1, 0.15) is 42.5 Å². The first-order valence-electron chi connectivity index (χ1n) is 8.62. The van der Waals surface area contributed by atoms with Crippen LogP contribution in [-0.4, -0.2) is 11.8 Å². The van der Waals surface area contributed by atoms with E-state index in [2.05, 4.69) is 22.8 Å². The molecule has 0 radical (unpaired) electrons. The zero-order chi connectivity index (χ0) is 18.7. The predicted molar refractivity (Wildman–Crippen MR) is 99.7 cm³/mol. The van der Waals surface area contributed by atoms with Crippen LogP contribution in [0.4, 0.5) is 10.1 Å². The van der Waals surface area contributed by atoms with E-state index in [0.29, 0.717) is 0 Å². The molecule has 0 saturated heterocycles. The first kappa shape index (κ1) is 18.4. The van der Waals surface area contributed by atoms with Crippen molar-refractivity contribution in [2.24, 2.45) is 0 Å². The standard InChI is InChI=1S/C20H20ClFN2O2/c1-12(14-7-6-13-4-2-3-5-15(13)10-14)23-19(25)20(26)24-16-8-9-18(22)17(21)11-16/h6-12H,2-5H2,1H3,(H,23,25)(H,24,26). The van der Waals surface area contributed by atoms with Crippen molar-refractivity contribution in [2.75, 3.05) is 5.32 Å². The van der Waals surface area contributed by atoms with E-state index >= 15 is 0 Å². The number of amides is 2. The molecule has 136 valence electrons. The Bertz CT molecular complexity index is 854. The van der Waals surface area contributed by atoms with Gasteiger partial charge < -0.3 is 10.6 Å². The number of carbonyl (C=O) groups is 2. The molecule has 1 unspecified atom stereocenters. The summed E-state index contributed by atoms with van der Waals surface area (Å²) in [7, 11) is 0. The minimum absolute atomic E-state index is 0.120. The average Bonchev–Trinajstić information content (AvgIpc) is 2.64. The van der Waals surface area contributed by atoms with Crippen molar-refractivity contribution in [3.05, 3.63) is 63.9 Å². The lowest BCUT2D eigenvalue weighted by molar-refractivity contribution is -0.136. The van der Waals surface area contributed by atoms with Crippen molar-refractivity contribution < 1.29 is 14.0 Å². The zero-order valence-corrected chi connectivity index (χ0v) is 15.2. The van der Waals surface area contributed by atoms with E-state index in [1.54, 1.807) is 0 Å². The molecule has 2 aromatic rings. The Labute approximate surface area is 156 Å². The van der Waals surface area contributed by atoms with Crippen molar-refractivity contribution in [2.45, 2.75) is 38.6 Å². The number of hydrogen-bond acceptors (Lipinski definition) is 2. The Morgan fingerprint density at radius 3 is 2.50 bits per heavy atom. The fraction of sp³-hybridized carbons (Fsp3) is 0.300. The summed E-state index contributed by atoms with van der Waals surface area (Å²) in [6, 6.07) is 9.65. The predicted octanol–water partition coefficient (Wildman–Crippen LogP) is 4.17. The maximum absolute atomic E-state index is 13.2. The van der Waals surface area contributed by atoms with Crippen molar-refractivity contribution in [1.29, 1.82) is 0 Å². The van der Waals surface area contributed by atoms with E-state index in [1.807, 2.05) is 13.0 Å². The minimum atomic E-state index is -0.822. The van der Waals surface area contributed by atoms with Crippen molar-refractivity contribution in [1.82, 2.24) is 5.32 Å². The molecule has 2 amide bonds. The molecule has 0 bridgehead atoms. The second kappa shape index (κ2) is 7.87. The normalized spacial score (nSPS) is 14.3. The van der Waals surface area contributed by atoms with Crippen LogP contribution in [0.5, 0.6) is 0 Å². The van der Waals surface area contributed by atoms with E-state index in [0.717, 1.165) is 24.5 Å². The molecule has 1 aliphatic carbocycles. The van der Waals surface area contributed by atoms with Gasteiger partial charge in [0.1, 0.15) is 5.82 Å². The highest BCUT2D eigenvalue weighted by atomic mass is 35.5. The number of nitrogens with one attached hydrogen (secondary N) is 2.